The summed E-state index contributed by atoms with van der Waals surface area (Å²) in [6.07, 6.45) is 57.0. The van der Waals surface area contributed by atoms with Gasteiger partial charge in [-0.15, -0.1) is 0 Å². The molecule has 0 aliphatic heterocycles. The first-order valence-electron chi connectivity index (χ1n) is 25.9. The molecule has 2 unspecified atom stereocenters. The van der Waals surface area contributed by atoms with Crippen LogP contribution in [0.3, 0.4) is 0 Å². The van der Waals surface area contributed by atoms with E-state index < -0.39 is 13.9 Å². The average Bonchev–Trinajstić information content (AvgIpc) is 3.23. The van der Waals surface area contributed by atoms with E-state index in [-0.39, 0.29) is 25.8 Å². The number of hydrogen-bond donors (Lipinski definition) is 0. The summed E-state index contributed by atoms with van der Waals surface area (Å²) < 4.78 is 34.7. The molecule has 0 saturated carbocycles. The largest absolute Gasteiger partial charge is 0.756 e. The van der Waals surface area contributed by atoms with Crippen LogP contribution in [-0.2, 0) is 27.9 Å². The number of unbranched alkanes of at least 4 members (excludes halogenated alkanes) is 26. The molecule has 0 aliphatic carbocycles. The Labute approximate surface area is 384 Å². The standard InChI is InChI=1S/C53H100NO7P/c1-6-8-10-12-14-16-18-20-22-24-25-26-27-28-29-30-32-34-36-38-40-42-44-46-53(55)61-52(51-60-62(56,57)59-49-47-54(3,4)5)50-58-48-45-43-41-39-37-35-33-31-23-21-19-17-15-13-11-9-7-2/h17-20,23-25,31,52H,6-16,21-22,26-30,32-51H2,1-5H3/b19-17-,20-18-,25-24-,31-23-. The summed E-state index contributed by atoms with van der Waals surface area (Å²) in [6.45, 7) is 5.38. The molecule has 8 nitrogen and oxygen atoms in total. The summed E-state index contributed by atoms with van der Waals surface area (Å²) in [5, 5.41) is 0. The zero-order chi connectivity index (χ0) is 45.5. The zero-order valence-corrected chi connectivity index (χ0v) is 42.2. The second kappa shape index (κ2) is 46.0. The summed E-state index contributed by atoms with van der Waals surface area (Å²) in [5.74, 6) is -0.339. The molecule has 0 aliphatic rings. The lowest BCUT2D eigenvalue weighted by Crippen LogP contribution is -2.37. The van der Waals surface area contributed by atoms with Crippen LogP contribution in [0.4, 0.5) is 0 Å². The number of rotatable bonds is 48. The molecule has 0 radical (unpaired) electrons. The number of phosphoric ester groups is 1. The molecule has 0 bridgehead atoms. The van der Waals surface area contributed by atoms with Gasteiger partial charge in [-0.1, -0.05) is 191 Å². The molecule has 0 spiro atoms. The topological polar surface area (TPSA) is 94.1 Å². The first-order chi connectivity index (χ1) is 30.1. The SMILES string of the molecule is CCCCCC/C=C\C/C=C\CCCCCCCCOCC(COP(=O)([O-])OCC[N+](C)(C)C)OC(=O)CCCCCCCCCCCCC/C=C\C/C=C\CCCCCCC. The summed E-state index contributed by atoms with van der Waals surface area (Å²) in [7, 11) is 1.35. The van der Waals surface area contributed by atoms with Crippen molar-refractivity contribution in [3.8, 4) is 0 Å². The van der Waals surface area contributed by atoms with Crippen molar-refractivity contribution in [1.82, 2.24) is 0 Å². The zero-order valence-electron chi connectivity index (χ0n) is 41.3. The van der Waals surface area contributed by atoms with Crippen LogP contribution >= 0.6 is 7.82 Å². The molecule has 62 heavy (non-hydrogen) atoms. The van der Waals surface area contributed by atoms with Gasteiger partial charge in [-0.05, 0) is 77.0 Å². The predicted molar refractivity (Wildman–Crippen MR) is 263 cm³/mol. The van der Waals surface area contributed by atoms with Crippen LogP contribution in [0, 0.1) is 0 Å². The van der Waals surface area contributed by atoms with E-state index in [1.807, 2.05) is 21.1 Å². The summed E-state index contributed by atoms with van der Waals surface area (Å²) >= 11 is 0. The number of carbonyl (C=O) groups excluding carboxylic acids is 1. The summed E-state index contributed by atoms with van der Waals surface area (Å²) in [4.78, 5) is 25.2. The maximum Gasteiger partial charge on any atom is 0.306 e. The van der Waals surface area contributed by atoms with Crippen LogP contribution in [0.25, 0.3) is 0 Å². The smallest absolute Gasteiger partial charge is 0.306 e. The van der Waals surface area contributed by atoms with E-state index in [0.29, 0.717) is 24.1 Å². The Balaban J connectivity index is 4.14. The first-order valence-corrected chi connectivity index (χ1v) is 27.3. The van der Waals surface area contributed by atoms with Crippen molar-refractivity contribution in [3.63, 3.8) is 0 Å². The van der Waals surface area contributed by atoms with Crippen molar-refractivity contribution < 1.29 is 37.3 Å². The highest BCUT2D eigenvalue weighted by atomic mass is 31.2. The molecule has 364 valence electrons. The maximum absolute atomic E-state index is 12.8. The van der Waals surface area contributed by atoms with Gasteiger partial charge < -0.3 is 27.9 Å². The van der Waals surface area contributed by atoms with Gasteiger partial charge in [0.1, 0.15) is 19.3 Å². The molecule has 0 N–H and O–H groups in total. The quantitative estimate of drug-likeness (QED) is 0.0197. The first kappa shape index (κ1) is 60.5. The number of phosphoric acid groups is 1. The number of likely N-dealkylation sites (N-methyl/N-ethyl adjacent to an activating group) is 1. The van der Waals surface area contributed by atoms with Crippen molar-refractivity contribution >= 4 is 13.8 Å². The Kier molecular flexibility index (Phi) is 44.9. The number of nitrogens with zero attached hydrogens (tertiary/aromatic N) is 1. The van der Waals surface area contributed by atoms with Crippen LogP contribution in [0.2, 0.25) is 0 Å². The van der Waals surface area contributed by atoms with E-state index in [2.05, 4.69) is 62.5 Å². The average molecular weight is 894 g/mol. The number of quaternary nitrogens is 1. The van der Waals surface area contributed by atoms with Gasteiger partial charge in [0.05, 0.1) is 34.4 Å². The highest BCUT2D eigenvalue weighted by Crippen LogP contribution is 2.38. The molecule has 0 heterocycles. The van der Waals surface area contributed by atoms with Crippen molar-refractivity contribution in [2.24, 2.45) is 0 Å². The van der Waals surface area contributed by atoms with Gasteiger partial charge in [-0.2, -0.15) is 0 Å². The number of esters is 1. The number of ether oxygens (including phenoxy) is 2. The molecule has 0 fully saturated rings. The lowest BCUT2D eigenvalue weighted by molar-refractivity contribution is -0.870. The molecular weight excluding hydrogens is 794 g/mol. The van der Waals surface area contributed by atoms with Gasteiger partial charge in [0.15, 0.2) is 0 Å². The van der Waals surface area contributed by atoms with Crippen molar-refractivity contribution in [1.29, 1.82) is 0 Å². The van der Waals surface area contributed by atoms with Crippen molar-refractivity contribution in [2.75, 3.05) is 54.1 Å². The fourth-order valence-corrected chi connectivity index (χ4v) is 7.81. The van der Waals surface area contributed by atoms with E-state index in [1.54, 1.807) is 0 Å². The lowest BCUT2D eigenvalue weighted by Gasteiger charge is -2.28. The van der Waals surface area contributed by atoms with E-state index >= 15 is 0 Å². The number of hydrogen-bond acceptors (Lipinski definition) is 7. The highest BCUT2D eigenvalue weighted by molar-refractivity contribution is 7.45. The Morgan fingerprint density at radius 2 is 0.887 bits per heavy atom. The van der Waals surface area contributed by atoms with Crippen LogP contribution in [0.15, 0.2) is 48.6 Å². The Morgan fingerprint density at radius 3 is 1.32 bits per heavy atom. The number of allylic oxidation sites excluding steroid dienone is 8. The molecule has 0 aromatic rings. The fraction of sp³-hybridized carbons (Fsp3) is 0.830. The lowest BCUT2D eigenvalue weighted by atomic mass is 10.0. The van der Waals surface area contributed by atoms with Gasteiger partial charge in [-0.3, -0.25) is 9.36 Å². The maximum atomic E-state index is 12.8. The summed E-state index contributed by atoms with van der Waals surface area (Å²) in [5.41, 5.74) is 0. The molecular formula is C53H100NO7P. The molecule has 0 saturated heterocycles. The highest BCUT2D eigenvalue weighted by Gasteiger charge is 2.20. The Hall–Kier alpha value is -1.54. The second-order valence-corrected chi connectivity index (χ2v) is 19.9. The van der Waals surface area contributed by atoms with E-state index in [9.17, 15) is 14.3 Å². The molecule has 9 heteroatoms. The number of carbonyl (C=O) groups is 1. The van der Waals surface area contributed by atoms with Crippen LogP contribution in [0.1, 0.15) is 226 Å². The molecule has 2 atom stereocenters. The van der Waals surface area contributed by atoms with Gasteiger partial charge >= 0.3 is 5.97 Å². The van der Waals surface area contributed by atoms with Crippen LogP contribution in [0.5, 0.6) is 0 Å². The van der Waals surface area contributed by atoms with E-state index in [4.69, 9.17) is 18.5 Å². The minimum Gasteiger partial charge on any atom is -0.756 e. The van der Waals surface area contributed by atoms with E-state index in [0.717, 1.165) is 57.8 Å². The minimum atomic E-state index is -4.53. The monoisotopic (exact) mass is 894 g/mol. The van der Waals surface area contributed by atoms with E-state index in [1.165, 1.54) is 148 Å². The Bertz CT molecular complexity index is 1130. The molecule has 0 rings (SSSR count). The van der Waals surface area contributed by atoms with Gasteiger partial charge in [0, 0.05) is 13.0 Å². The van der Waals surface area contributed by atoms with Crippen LogP contribution < -0.4 is 4.89 Å². The predicted octanol–water partition coefficient (Wildman–Crippen LogP) is 15.3. The summed E-state index contributed by atoms with van der Waals surface area (Å²) in [6, 6.07) is 0. The third kappa shape index (κ3) is 49.5. The molecule has 0 aromatic carbocycles. The molecule has 0 aromatic heterocycles. The van der Waals surface area contributed by atoms with Crippen molar-refractivity contribution in [2.45, 2.75) is 232 Å². The van der Waals surface area contributed by atoms with Gasteiger partial charge in [0.25, 0.3) is 7.82 Å². The molecule has 0 amide bonds. The van der Waals surface area contributed by atoms with Gasteiger partial charge in [0.2, 0.25) is 0 Å². The minimum absolute atomic E-state index is 0.0226. The fourth-order valence-electron chi connectivity index (χ4n) is 7.08. The van der Waals surface area contributed by atoms with Gasteiger partial charge in [-0.25, -0.2) is 0 Å². The van der Waals surface area contributed by atoms with Crippen LogP contribution in [-0.4, -0.2) is 70.7 Å². The van der Waals surface area contributed by atoms with Crippen molar-refractivity contribution in [3.05, 3.63) is 48.6 Å². The second-order valence-electron chi connectivity index (χ2n) is 18.5. The third-order valence-corrected chi connectivity index (χ3v) is 12.1. The third-order valence-electron chi connectivity index (χ3n) is 11.1. The Morgan fingerprint density at radius 1 is 0.500 bits per heavy atom. The normalized spacial score (nSPS) is 14.0.